The lowest BCUT2D eigenvalue weighted by Gasteiger charge is -2.18. The zero-order chi connectivity index (χ0) is 15.3. The Labute approximate surface area is 139 Å². The molecule has 0 aromatic heterocycles. The van der Waals surface area contributed by atoms with E-state index in [9.17, 15) is 18.0 Å². The summed E-state index contributed by atoms with van der Waals surface area (Å²) in [4.78, 5) is 11.9. The first kappa shape index (κ1) is 23.1. The van der Waals surface area contributed by atoms with Crippen molar-refractivity contribution in [3.05, 3.63) is 24.3 Å². The maximum Gasteiger partial charge on any atom is 0.405 e. The standard InChI is InChI=1S/C13H18F3N3O.2ClH/c1-8(9(2)17)12(20)19-11-6-4-3-5-10(11)18-7-13(14,15)16;;/h3-6,8-9,18H,7,17H2,1-2H3,(H,19,20);2*1H. The van der Waals surface area contributed by atoms with Gasteiger partial charge in [-0.05, 0) is 19.1 Å². The number of carbonyl (C=O) groups is 1. The number of anilines is 2. The van der Waals surface area contributed by atoms with Gasteiger partial charge in [-0.1, -0.05) is 19.1 Å². The number of halogens is 5. The molecule has 4 nitrogen and oxygen atoms in total. The number of rotatable bonds is 5. The Morgan fingerprint density at radius 1 is 1.18 bits per heavy atom. The quantitative estimate of drug-likeness (QED) is 0.752. The van der Waals surface area contributed by atoms with Crippen molar-refractivity contribution < 1.29 is 18.0 Å². The van der Waals surface area contributed by atoms with Crippen molar-refractivity contribution in [2.75, 3.05) is 17.2 Å². The van der Waals surface area contributed by atoms with Gasteiger partial charge in [0, 0.05) is 6.04 Å². The van der Waals surface area contributed by atoms with Crippen molar-refractivity contribution in [2.24, 2.45) is 11.7 Å². The smallest absolute Gasteiger partial charge is 0.375 e. The maximum absolute atomic E-state index is 12.2. The Morgan fingerprint density at radius 2 is 1.68 bits per heavy atom. The van der Waals surface area contributed by atoms with Gasteiger partial charge in [-0.15, -0.1) is 24.8 Å². The summed E-state index contributed by atoms with van der Waals surface area (Å²) in [6.45, 7) is 2.19. The highest BCUT2D eigenvalue weighted by Crippen LogP contribution is 2.24. The highest BCUT2D eigenvalue weighted by molar-refractivity contribution is 5.95. The maximum atomic E-state index is 12.2. The molecule has 1 aromatic rings. The molecule has 0 spiro atoms. The van der Waals surface area contributed by atoms with E-state index in [0.717, 1.165) is 0 Å². The van der Waals surface area contributed by atoms with Crippen LogP contribution in [0.5, 0.6) is 0 Å². The zero-order valence-electron chi connectivity index (χ0n) is 12.1. The fourth-order valence-corrected chi connectivity index (χ4v) is 1.43. The molecule has 9 heteroatoms. The number of hydrogen-bond acceptors (Lipinski definition) is 3. The monoisotopic (exact) mass is 361 g/mol. The fourth-order valence-electron chi connectivity index (χ4n) is 1.43. The van der Waals surface area contributed by atoms with E-state index in [-0.39, 0.29) is 42.5 Å². The minimum Gasteiger partial charge on any atom is -0.375 e. The van der Waals surface area contributed by atoms with Crippen molar-refractivity contribution >= 4 is 42.1 Å². The first-order valence-corrected chi connectivity index (χ1v) is 6.17. The highest BCUT2D eigenvalue weighted by Gasteiger charge is 2.27. The summed E-state index contributed by atoms with van der Waals surface area (Å²) in [6.07, 6.45) is -4.32. The molecular formula is C13H20Cl2F3N3O. The van der Waals surface area contributed by atoms with Crippen LogP contribution in [0.4, 0.5) is 24.5 Å². The molecule has 0 saturated carbocycles. The van der Waals surface area contributed by atoms with E-state index in [4.69, 9.17) is 5.73 Å². The van der Waals surface area contributed by atoms with Gasteiger partial charge < -0.3 is 16.4 Å². The first-order valence-electron chi connectivity index (χ1n) is 6.17. The normalized spacial score (nSPS) is 13.2. The molecule has 1 amide bonds. The molecule has 0 fully saturated rings. The molecular weight excluding hydrogens is 342 g/mol. The molecule has 1 rings (SSSR count). The van der Waals surface area contributed by atoms with E-state index >= 15 is 0 Å². The number of alkyl halides is 3. The van der Waals surface area contributed by atoms with Gasteiger partial charge in [0.05, 0.1) is 17.3 Å². The second-order valence-corrected chi connectivity index (χ2v) is 4.65. The Kier molecular flexibility index (Phi) is 10.2. The van der Waals surface area contributed by atoms with Gasteiger partial charge in [0.2, 0.25) is 5.91 Å². The number of nitrogens with two attached hydrogens (primary N) is 1. The highest BCUT2D eigenvalue weighted by atomic mass is 35.5. The molecule has 0 aliphatic heterocycles. The number of para-hydroxylation sites is 2. The average Bonchev–Trinajstić information content (AvgIpc) is 2.35. The summed E-state index contributed by atoms with van der Waals surface area (Å²) in [7, 11) is 0. The topological polar surface area (TPSA) is 67.2 Å². The van der Waals surface area contributed by atoms with Crippen LogP contribution in [0.15, 0.2) is 24.3 Å². The molecule has 22 heavy (non-hydrogen) atoms. The van der Waals surface area contributed by atoms with Crippen LogP contribution in [-0.2, 0) is 4.79 Å². The molecule has 0 radical (unpaired) electrons. The van der Waals surface area contributed by atoms with Gasteiger partial charge in [-0.25, -0.2) is 0 Å². The second-order valence-electron chi connectivity index (χ2n) is 4.65. The summed E-state index contributed by atoms with van der Waals surface area (Å²) in [6, 6.07) is 5.88. The minimum atomic E-state index is -4.32. The van der Waals surface area contributed by atoms with Gasteiger partial charge in [0.25, 0.3) is 0 Å². The lowest BCUT2D eigenvalue weighted by Crippen LogP contribution is -2.34. The second kappa shape index (κ2) is 9.76. The van der Waals surface area contributed by atoms with Gasteiger partial charge in [-0.2, -0.15) is 13.2 Å². The average molecular weight is 362 g/mol. The summed E-state index contributed by atoms with van der Waals surface area (Å²) >= 11 is 0. The van der Waals surface area contributed by atoms with Crippen LogP contribution in [-0.4, -0.2) is 24.7 Å². The Hall–Kier alpha value is -1.18. The molecule has 4 N–H and O–H groups in total. The number of carbonyl (C=O) groups excluding carboxylic acids is 1. The minimum absolute atomic E-state index is 0. The molecule has 2 atom stereocenters. The third kappa shape index (κ3) is 7.72. The van der Waals surface area contributed by atoms with Crippen molar-refractivity contribution in [1.82, 2.24) is 0 Å². The molecule has 0 saturated heterocycles. The van der Waals surface area contributed by atoms with Crippen LogP contribution < -0.4 is 16.4 Å². The third-order valence-electron chi connectivity index (χ3n) is 2.87. The van der Waals surface area contributed by atoms with Crippen LogP contribution in [0.2, 0.25) is 0 Å². The van der Waals surface area contributed by atoms with Crippen molar-refractivity contribution in [3.8, 4) is 0 Å². The number of hydrogen-bond donors (Lipinski definition) is 3. The lowest BCUT2D eigenvalue weighted by atomic mass is 10.0. The SMILES string of the molecule is CC(N)C(C)C(=O)Nc1ccccc1NCC(F)(F)F.Cl.Cl. The first-order chi connectivity index (χ1) is 9.20. The van der Waals surface area contributed by atoms with E-state index in [1.807, 2.05) is 0 Å². The van der Waals surface area contributed by atoms with Gasteiger partial charge in [-0.3, -0.25) is 4.79 Å². The van der Waals surface area contributed by atoms with Crippen molar-refractivity contribution in [2.45, 2.75) is 26.1 Å². The molecule has 0 aliphatic rings. The lowest BCUT2D eigenvalue weighted by molar-refractivity contribution is -0.119. The van der Waals surface area contributed by atoms with E-state index in [1.165, 1.54) is 12.1 Å². The number of benzene rings is 1. The summed E-state index contributed by atoms with van der Waals surface area (Å²) in [5.74, 6) is -0.771. The van der Waals surface area contributed by atoms with Crippen molar-refractivity contribution in [1.29, 1.82) is 0 Å². The number of amides is 1. The van der Waals surface area contributed by atoms with E-state index in [0.29, 0.717) is 5.69 Å². The van der Waals surface area contributed by atoms with E-state index in [2.05, 4.69) is 10.6 Å². The third-order valence-corrected chi connectivity index (χ3v) is 2.87. The van der Waals surface area contributed by atoms with E-state index < -0.39 is 18.6 Å². The van der Waals surface area contributed by atoms with Crippen LogP contribution in [0.1, 0.15) is 13.8 Å². The summed E-state index contributed by atoms with van der Waals surface area (Å²) in [5.41, 5.74) is 6.14. The van der Waals surface area contributed by atoms with E-state index in [1.54, 1.807) is 26.0 Å². The Morgan fingerprint density at radius 3 is 2.14 bits per heavy atom. The van der Waals surface area contributed by atoms with Gasteiger partial charge >= 0.3 is 6.18 Å². The summed E-state index contributed by atoms with van der Waals surface area (Å²) in [5, 5.41) is 4.83. The predicted octanol–water partition coefficient (Wildman–Crippen LogP) is 3.43. The number of nitrogens with one attached hydrogen (secondary N) is 2. The van der Waals surface area contributed by atoms with Crippen molar-refractivity contribution in [3.63, 3.8) is 0 Å². The van der Waals surface area contributed by atoms with Gasteiger partial charge in [0.1, 0.15) is 6.54 Å². The Balaban J connectivity index is 0. The molecule has 0 bridgehead atoms. The van der Waals surface area contributed by atoms with Gasteiger partial charge in [0.15, 0.2) is 0 Å². The van der Waals surface area contributed by atoms with Crippen LogP contribution in [0.3, 0.4) is 0 Å². The molecule has 2 unspecified atom stereocenters. The van der Waals surface area contributed by atoms with Crippen LogP contribution in [0.25, 0.3) is 0 Å². The molecule has 1 aromatic carbocycles. The van der Waals surface area contributed by atoms with Crippen LogP contribution >= 0.6 is 24.8 Å². The predicted molar refractivity (Wildman–Crippen MR) is 86.9 cm³/mol. The molecule has 0 aliphatic carbocycles. The summed E-state index contributed by atoms with van der Waals surface area (Å²) < 4.78 is 36.6. The largest absolute Gasteiger partial charge is 0.405 e. The molecule has 128 valence electrons. The zero-order valence-corrected chi connectivity index (χ0v) is 13.7. The Bertz CT molecular complexity index is 470. The van der Waals surface area contributed by atoms with Crippen LogP contribution in [0, 0.1) is 5.92 Å². The fraction of sp³-hybridized carbons (Fsp3) is 0.462. The molecule has 0 heterocycles.